The van der Waals surface area contributed by atoms with E-state index in [1.165, 1.54) is 0 Å². The van der Waals surface area contributed by atoms with E-state index in [9.17, 15) is 4.79 Å². The largest absolute Gasteiger partial charge is 0.474 e. The molecule has 1 aromatic heterocycles. The minimum atomic E-state index is -0.631. The third-order valence-corrected chi connectivity index (χ3v) is 3.31. The molecule has 6 nitrogen and oxygen atoms in total. The average molecular weight is 314 g/mol. The third kappa shape index (κ3) is 2.21. The molecule has 1 aromatic rings. The van der Waals surface area contributed by atoms with E-state index in [2.05, 4.69) is 31.5 Å². The van der Waals surface area contributed by atoms with E-state index in [-0.39, 0.29) is 12.0 Å². The highest BCUT2D eigenvalue weighted by molar-refractivity contribution is 9.10. The SMILES string of the molecule is O=C1Nc2nc(Br)ccc2OC1C1CNCCO1. The summed E-state index contributed by atoms with van der Waals surface area (Å²) in [4.78, 5) is 16.1. The van der Waals surface area contributed by atoms with Crippen LogP contribution in [0.2, 0.25) is 0 Å². The van der Waals surface area contributed by atoms with Gasteiger partial charge in [0.15, 0.2) is 11.6 Å². The highest BCUT2D eigenvalue weighted by Crippen LogP contribution is 2.30. The first-order chi connectivity index (χ1) is 8.74. The molecule has 0 spiro atoms. The van der Waals surface area contributed by atoms with Gasteiger partial charge in [-0.25, -0.2) is 4.98 Å². The van der Waals surface area contributed by atoms with Crippen molar-refractivity contribution in [3.05, 3.63) is 16.7 Å². The number of ether oxygens (including phenoxy) is 2. The number of halogens is 1. The number of carbonyl (C=O) groups is 1. The summed E-state index contributed by atoms with van der Waals surface area (Å²) in [7, 11) is 0. The lowest BCUT2D eigenvalue weighted by Crippen LogP contribution is -2.53. The number of morpholine rings is 1. The van der Waals surface area contributed by atoms with E-state index < -0.39 is 6.10 Å². The number of nitrogens with one attached hydrogen (secondary N) is 2. The Morgan fingerprint density at radius 2 is 2.33 bits per heavy atom. The lowest BCUT2D eigenvalue weighted by atomic mass is 10.1. The van der Waals surface area contributed by atoms with E-state index in [1.807, 2.05) is 0 Å². The smallest absolute Gasteiger partial charge is 0.269 e. The quantitative estimate of drug-likeness (QED) is 0.740. The van der Waals surface area contributed by atoms with Crippen molar-refractivity contribution in [1.82, 2.24) is 10.3 Å². The summed E-state index contributed by atoms with van der Waals surface area (Å²) in [5.41, 5.74) is 0. The zero-order valence-corrected chi connectivity index (χ0v) is 11.1. The molecule has 1 fully saturated rings. The predicted octanol–water partition coefficient (Wildman–Crippen LogP) is 0.532. The summed E-state index contributed by atoms with van der Waals surface area (Å²) < 4.78 is 11.9. The maximum atomic E-state index is 12.0. The van der Waals surface area contributed by atoms with Gasteiger partial charge < -0.3 is 20.1 Å². The van der Waals surface area contributed by atoms with Gasteiger partial charge in [-0.3, -0.25) is 4.79 Å². The molecule has 0 saturated carbocycles. The van der Waals surface area contributed by atoms with Gasteiger partial charge in [0.05, 0.1) is 6.61 Å². The Labute approximate surface area is 112 Å². The topological polar surface area (TPSA) is 72.5 Å². The summed E-state index contributed by atoms with van der Waals surface area (Å²) in [6.07, 6.45) is -0.899. The van der Waals surface area contributed by atoms with Crippen LogP contribution in [0.1, 0.15) is 0 Å². The number of hydrogen-bond acceptors (Lipinski definition) is 5. The Morgan fingerprint density at radius 1 is 1.44 bits per heavy atom. The highest BCUT2D eigenvalue weighted by atomic mass is 79.9. The van der Waals surface area contributed by atoms with Gasteiger partial charge in [-0.1, -0.05) is 0 Å². The van der Waals surface area contributed by atoms with Crippen LogP contribution in [-0.4, -0.2) is 42.8 Å². The lowest BCUT2D eigenvalue weighted by Gasteiger charge is -2.33. The van der Waals surface area contributed by atoms with Crippen LogP contribution in [0.5, 0.6) is 5.75 Å². The summed E-state index contributed by atoms with van der Waals surface area (Å²) in [6.45, 7) is 2.00. The molecule has 2 atom stereocenters. The zero-order chi connectivity index (χ0) is 12.5. The summed E-state index contributed by atoms with van der Waals surface area (Å²) in [6, 6.07) is 3.54. The Hall–Kier alpha value is -1.18. The monoisotopic (exact) mass is 313 g/mol. The zero-order valence-electron chi connectivity index (χ0n) is 9.48. The van der Waals surface area contributed by atoms with Crippen molar-refractivity contribution in [2.24, 2.45) is 0 Å². The van der Waals surface area contributed by atoms with Gasteiger partial charge >= 0.3 is 0 Å². The van der Waals surface area contributed by atoms with Gasteiger partial charge in [0.1, 0.15) is 10.7 Å². The number of fused-ring (bicyclic) bond motifs is 1. The third-order valence-electron chi connectivity index (χ3n) is 2.87. The van der Waals surface area contributed by atoms with E-state index in [4.69, 9.17) is 9.47 Å². The molecule has 0 radical (unpaired) electrons. The van der Waals surface area contributed by atoms with Crippen LogP contribution in [0.3, 0.4) is 0 Å². The Morgan fingerprint density at radius 3 is 3.11 bits per heavy atom. The van der Waals surface area contributed by atoms with Gasteiger partial charge in [-0.15, -0.1) is 0 Å². The second-order valence-electron chi connectivity index (χ2n) is 4.12. The van der Waals surface area contributed by atoms with Gasteiger partial charge in [-0.05, 0) is 28.1 Å². The van der Waals surface area contributed by atoms with Crippen LogP contribution < -0.4 is 15.4 Å². The van der Waals surface area contributed by atoms with Crippen molar-refractivity contribution < 1.29 is 14.3 Å². The standard InChI is InChI=1S/C11H12BrN3O3/c12-8-2-1-6-10(14-8)15-11(16)9(18-6)7-5-13-3-4-17-7/h1-2,7,9,13H,3-5H2,(H,14,15,16). The predicted molar refractivity (Wildman–Crippen MR) is 67.6 cm³/mol. The summed E-state index contributed by atoms with van der Waals surface area (Å²) in [5, 5.41) is 5.91. The van der Waals surface area contributed by atoms with Crippen LogP contribution >= 0.6 is 15.9 Å². The fourth-order valence-corrected chi connectivity index (χ4v) is 2.32. The Bertz CT molecular complexity index is 477. The van der Waals surface area contributed by atoms with E-state index in [0.29, 0.717) is 29.3 Å². The first-order valence-corrected chi connectivity index (χ1v) is 6.50. The number of rotatable bonds is 1. The van der Waals surface area contributed by atoms with Gasteiger partial charge in [0.2, 0.25) is 6.10 Å². The molecular weight excluding hydrogens is 302 g/mol. The molecule has 2 unspecified atom stereocenters. The van der Waals surface area contributed by atoms with Crippen LogP contribution in [-0.2, 0) is 9.53 Å². The van der Waals surface area contributed by atoms with Crippen molar-refractivity contribution in [2.45, 2.75) is 12.2 Å². The van der Waals surface area contributed by atoms with E-state index >= 15 is 0 Å². The second-order valence-corrected chi connectivity index (χ2v) is 4.93. The van der Waals surface area contributed by atoms with Crippen LogP contribution in [0.25, 0.3) is 0 Å². The molecule has 96 valence electrons. The van der Waals surface area contributed by atoms with Crippen LogP contribution in [0, 0.1) is 0 Å². The molecule has 2 aliphatic heterocycles. The lowest BCUT2D eigenvalue weighted by molar-refractivity contribution is -0.132. The molecule has 1 amide bonds. The van der Waals surface area contributed by atoms with Crippen molar-refractivity contribution in [3.63, 3.8) is 0 Å². The first kappa shape index (κ1) is 11.9. The Kier molecular flexibility index (Phi) is 3.19. The van der Waals surface area contributed by atoms with Crippen molar-refractivity contribution >= 4 is 27.7 Å². The number of amides is 1. The molecule has 18 heavy (non-hydrogen) atoms. The van der Waals surface area contributed by atoms with E-state index in [1.54, 1.807) is 12.1 Å². The minimum Gasteiger partial charge on any atom is -0.474 e. The van der Waals surface area contributed by atoms with Crippen molar-refractivity contribution in [2.75, 3.05) is 25.0 Å². The van der Waals surface area contributed by atoms with Crippen LogP contribution in [0.4, 0.5) is 5.82 Å². The minimum absolute atomic E-state index is 0.221. The second kappa shape index (κ2) is 4.83. The molecule has 1 saturated heterocycles. The maximum Gasteiger partial charge on any atom is 0.269 e. The molecule has 7 heteroatoms. The summed E-state index contributed by atoms with van der Waals surface area (Å²) >= 11 is 3.25. The molecule has 0 aliphatic carbocycles. The normalized spacial score (nSPS) is 27.1. The molecule has 2 aliphatic rings. The van der Waals surface area contributed by atoms with E-state index in [0.717, 1.165) is 6.54 Å². The number of carbonyl (C=O) groups excluding carboxylic acids is 1. The number of aromatic nitrogens is 1. The van der Waals surface area contributed by atoms with Crippen molar-refractivity contribution in [3.8, 4) is 5.75 Å². The van der Waals surface area contributed by atoms with Gasteiger partial charge in [0.25, 0.3) is 5.91 Å². The fraction of sp³-hybridized carbons (Fsp3) is 0.455. The first-order valence-electron chi connectivity index (χ1n) is 5.70. The molecule has 3 rings (SSSR count). The van der Waals surface area contributed by atoms with Crippen LogP contribution in [0.15, 0.2) is 16.7 Å². The molecule has 0 aromatic carbocycles. The summed E-state index contributed by atoms with van der Waals surface area (Å²) in [5.74, 6) is 0.785. The van der Waals surface area contributed by atoms with Gasteiger partial charge in [-0.2, -0.15) is 0 Å². The number of nitrogens with zero attached hydrogens (tertiary/aromatic N) is 1. The fourth-order valence-electron chi connectivity index (χ4n) is 2.01. The Balaban J connectivity index is 1.82. The highest BCUT2D eigenvalue weighted by Gasteiger charge is 2.36. The number of pyridine rings is 1. The van der Waals surface area contributed by atoms with Gasteiger partial charge in [0, 0.05) is 13.1 Å². The molecule has 3 heterocycles. The number of anilines is 1. The average Bonchev–Trinajstić information content (AvgIpc) is 2.39. The number of hydrogen-bond donors (Lipinski definition) is 2. The van der Waals surface area contributed by atoms with Crippen molar-refractivity contribution in [1.29, 1.82) is 0 Å². The molecule has 2 N–H and O–H groups in total. The molecule has 0 bridgehead atoms. The molecular formula is C11H12BrN3O3. The maximum absolute atomic E-state index is 12.0.